The van der Waals surface area contributed by atoms with Gasteiger partial charge in [-0.25, -0.2) is 4.98 Å². The van der Waals surface area contributed by atoms with E-state index in [1.165, 1.54) is 37.7 Å². The van der Waals surface area contributed by atoms with Crippen LogP contribution in [0.3, 0.4) is 0 Å². The number of piperidine rings is 1. The quantitative estimate of drug-likeness (QED) is 0.471. The van der Waals surface area contributed by atoms with Gasteiger partial charge in [0, 0.05) is 19.0 Å². The lowest BCUT2D eigenvalue weighted by Gasteiger charge is -2.27. The number of nitrogens with one attached hydrogen (secondary N) is 2. The number of carbonyl (C=O) groups is 1. The third kappa shape index (κ3) is 6.08. The van der Waals surface area contributed by atoms with Crippen LogP contribution < -0.4 is 15.8 Å². The second-order valence-corrected chi connectivity index (χ2v) is 9.51. The maximum absolute atomic E-state index is 13.1. The summed E-state index contributed by atoms with van der Waals surface area (Å²) in [5.74, 6) is 1.09. The Labute approximate surface area is 183 Å². The summed E-state index contributed by atoms with van der Waals surface area (Å²) in [6.45, 7) is 10.5. The normalized spacial score (nSPS) is 20.2. The SMILES string of the molecule is CCC(C)NC(=O)CSc1nc2ccccc2c(=O)n1CCC[NH+]1CCC(C)CC1. The summed E-state index contributed by atoms with van der Waals surface area (Å²) in [7, 11) is 0. The van der Waals surface area contributed by atoms with Crippen molar-refractivity contribution < 1.29 is 9.69 Å². The number of nitrogens with zero attached hydrogens (tertiary/aromatic N) is 2. The average molecular weight is 432 g/mol. The first-order valence-electron chi connectivity index (χ1n) is 11.2. The van der Waals surface area contributed by atoms with Crippen LogP contribution in [0.5, 0.6) is 0 Å². The number of benzene rings is 1. The summed E-state index contributed by atoms with van der Waals surface area (Å²) in [6, 6.07) is 7.62. The van der Waals surface area contributed by atoms with E-state index in [0.717, 1.165) is 25.3 Å². The summed E-state index contributed by atoms with van der Waals surface area (Å²) in [4.78, 5) is 31.7. The number of hydrogen-bond donors (Lipinski definition) is 2. The Kier molecular flexibility index (Phi) is 8.33. The summed E-state index contributed by atoms with van der Waals surface area (Å²) in [6.07, 6.45) is 4.42. The Bertz CT molecular complexity index is 906. The molecule has 1 unspecified atom stereocenters. The highest BCUT2D eigenvalue weighted by Crippen LogP contribution is 2.18. The lowest BCUT2D eigenvalue weighted by atomic mass is 9.99. The molecule has 0 spiro atoms. The number of rotatable bonds is 9. The van der Waals surface area contributed by atoms with Crippen LogP contribution in [0.1, 0.15) is 46.5 Å². The summed E-state index contributed by atoms with van der Waals surface area (Å²) in [5.41, 5.74) is 0.687. The first-order valence-corrected chi connectivity index (χ1v) is 12.2. The Morgan fingerprint density at radius 1 is 1.33 bits per heavy atom. The van der Waals surface area contributed by atoms with E-state index in [0.29, 0.717) is 22.6 Å². The lowest BCUT2D eigenvalue weighted by Crippen LogP contribution is -3.13. The van der Waals surface area contributed by atoms with Crippen molar-refractivity contribution in [2.24, 2.45) is 5.92 Å². The molecule has 1 aromatic carbocycles. The van der Waals surface area contributed by atoms with Gasteiger partial charge in [-0.15, -0.1) is 0 Å². The number of carbonyl (C=O) groups excluding carboxylic acids is 1. The molecular weight excluding hydrogens is 396 g/mol. The smallest absolute Gasteiger partial charge is 0.262 e. The van der Waals surface area contributed by atoms with Crippen molar-refractivity contribution in [3.05, 3.63) is 34.6 Å². The first kappa shape index (κ1) is 22.8. The summed E-state index contributed by atoms with van der Waals surface area (Å²) in [5, 5.41) is 4.27. The highest BCUT2D eigenvalue weighted by Gasteiger charge is 2.19. The zero-order valence-electron chi connectivity index (χ0n) is 18.4. The van der Waals surface area contributed by atoms with Gasteiger partial charge in [0.15, 0.2) is 5.16 Å². The molecule has 0 saturated carbocycles. The molecule has 1 aliphatic rings. The topological polar surface area (TPSA) is 68.4 Å². The predicted octanol–water partition coefficient (Wildman–Crippen LogP) is 2.11. The Hall–Kier alpha value is -1.86. The number of aromatic nitrogens is 2. The molecule has 164 valence electrons. The molecule has 3 rings (SSSR count). The molecule has 1 fully saturated rings. The molecule has 1 atom stereocenters. The van der Waals surface area contributed by atoms with Crippen LogP contribution in [0.15, 0.2) is 34.2 Å². The van der Waals surface area contributed by atoms with Gasteiger partial charge in [-0.2, -0.15) is 0 Å². The van der Waals surface area contributed by atoms with Crippen molar-refractivity contribution in [1.29, 1.82) is 0 Å². The zero-order valence-corrected chi connectivity index (χ0v) is 19.3. The largest absolute Gasteiger partial charge is 0.353 e. The van der Waals surface area contributed by atoms with E-state index < -0.39 is 0 Å². The van der Waals surface area contributed by atoms with Gasteiger partial charge in [0.2, 0.25) is 5.91 Å². The van der Waals surface area contributed by atoms with Crippen LogP contribution in [-0.4, -0.2) is 46.9 Å². The van der Waals surface area contributed by atoms with Crippen molar-refractivity contribution in [3.63, 3.8) is 0 Å². The van der Waals surface area contributed by atoms with Crippen molar-refractivity contribution in [3.8, 4) is 0 Å². The van der Waals surface area contributed by atoms with Crippen LogP contribution in [0, 0.1) is 5.92 Å². The van der Waals surface area contributed by atoms with E-state index >= 15 is 0 Å². The predicted molar refractivity (Wildman–Crippen MR) is 123 cm³/mol. The minimum atomic E-state index is -0.0183. The summed E-state index contributed by atoms with van der Waals surface area (Å²) >= 11 is 1.36. The molecule has 2 heterocycles. The standard InChI is InChI=1S/C23H34N4O2S/c1-4-18(3)24-21(28)16-30-23-25-20-9-6-5-8-19(20)22(29)27(23)13-7-12-26-14-10-17(2)11-15-26/h5-6,8-9,17-18H,4,7,10-16H2,1-3H3,(H,24,28)/p+1. The number of para-hydroxylation sites is 1. The number of quaternary nitrogens is 1. The highest BCUT2D eigenvalue weighted by atomic mass is 32.2. The Morgan fingerprint density at radius 3 is 2.80 bits per heavy atom. The van der Waals surface area contributed by atoms with Gasteiger partial charge < -0.3 is 10.2 Å². The minimum Gasteiger partial charge on any atom is -0.353 e. The number of fused-ring (bicyclic) bond motifs is 1. The van der Waals surface area contributed by atoms with E-state index in [1.807, 2.05) is 38.1 Å². The number of amides is 1. The van der Waals surface area contributed by atoms with Crippen LogP contribution in [0.4, 0.5) is 0 Å². The molecule has 1 aliphatic heterocycles. The third-order valence-corrected chi connectivity index (χ3v) is 7.05. The molecule has 0 radical (unpaired) electrons. The van der Waals surface area contributed by atoms with E-state index in [4.69, 9.17) is 4.98 Å². The fourth-order valence-corrected chi connectivity index (χ4v) is 4.75. The van der Waals surface area contributed by atoms with Gasteiger partial charge in [0.1, 0.15) is 0 Å². The molecule has 2 aromatic rings. The average Bonchev–Trinajstić information content (AvgIpc) is 2.75. The van der Waals surface area contributed by atoms with Gasteiger partial charge in [-0.05, 0) is 44.2 Å². The maximum Gasteiger partial charge on any atom is 0.262 e. The molecule has 1 amide bonds. The molecule has 0 bridgehead atoms. The molecule has 1 saturated heterocycles. The van der Waals surface area contributed by atoms with E-state index in [1.54, 1.807) is 9.47 Å². The second-order valence-electron chi connectivity index (χ2n) is 8.57. The fourth-order valence-electron chi connectivity index (χ4n) is 3.91. The van der Waals surface area contributed by atoms with E-state index in [9.17, 15) is 9.59 Å². The summed E-state index contributed by atoms with van der Waals surface area (Å²) < 4.78 is 1.77. The molecule has 7 heteroatoms. The molecule has 30 heavy (non-hydrogen) atoms. The van der Waals surface area contributed by atoms with Crippen LogP contribution in [0.25, 0.3) is 10.9 Å². The molecular formula is C23H35N4O2S+. The first-order chi connectivity index (χ1) is 14.5. The monoisotopic (exact) mass is 431 g/mol. The highest BCUT2D eigenvalue weighted by molar-refractivity contribution is 7.99. The van der Waals surface area contributed by atoms with Crippen molar-refractivity contribution >= 4 is 28.6 Å². The Balaban J connectivity index is 1.71. The number of likely N-dealkylation sites (tertiary alicyclic amines) is 1. The van der Waals surface area contributed by atoms with Gasteiger partial charge in [-0.3, -0.25) is 14.2 Å². The molecule has 1 aromatic heterocycles. The number of hydrogen-bond acceptors (Lipinski definition) is 4. The van der Waals surface area contributed by atoms with Crippen molar-refractivity contribution in [2.45, 2.75) is 64.2 Å². The maximum atomic E-state index is 13.1. The third-order valence-electron chi connectivity index (χ3n) is 6.07. The van der Waals surface area contributed by atoms with Crippen LogP contribution >= 0.6 is 11.8 Å². The van der Waals surface area contributed by atoms with Gasteiger partial charge >= 0.3 is 0 Å². The zero-order chi connectivity index (χ0) is 21.5. The van der Waals surface area contributed by atoms with Gasteiger partial charge in [0.05, 0.1) is 36.3 Å². The van der Waals surface area contributed by atoms with Gasteiger partial charge in [0.25, 0.3) is 5.56 Å². The lowest BCUT2D eigenvalue weighted by molar-refractivity contribution is -0.906. The van der Waals surface area contributed by atoms with E-state index in [2.05, 4.69) is 12.2 Å². The van der Waals surface area contributed by atoms with Crippen LogP contribution in [-0.2, 0) is 11.3 Å². The molecule has 2 N–H and O–H groups in total. The van der Waals surface area contributed by atoms with Crippen LogP contribution in [0.2, 0.25) is 0 Å². The Morgan fingerprint density at radius 2 is 2.07 bits per heavy atom. The second kappa shape index (κ2) is 11.0. The van der Waals surface area contributed by atoms with Crippen molar-refractivity contribution in [2.75, 3.05) is 25.4 Å². The molecule has 0 aliphatic carbocycles. The van der Waals surface area contributed by atoms with Gasteiger partial charge in [-0.1, -0.05) is 37.7 Å². The fraction of sp³-hybridized carbons (Fsp3) is 0.609. The minimum absolute atomic E-state index is 0.00676. The van der Waals surface area contributed by atoms with E-state index in [-0.39, 0.29) is 23.3 Å². The number of thioether (sulfide) groups is 1. The van der Waals surface area contributed by atoms with Crippen molar-refractivity contribution in [1.82, 2.24) is 14.9 Å². The molecule has 6 nitrogen and oxygen atoms in total.